The van der Waals surface area contributed by atoms with Crippen molar-refractivity contribution >= 4 is 17.1 Å². The van der Waals surface area contributed by atoms with Gasteiger partial charge < -0.3 is 4.74 Å². The SMILES string of the molecule is COc1cccc(C(=O)c2ccc(-c3ccccc3)s2)c1. The lowest BCUT2D eigenvalue weighted by Gasteiger charge is -2.02. The molecule has 0 saturated carbocycles. The molecule has 0 amide bonds. The van der Waals surface area contributed by atoms with E-state index in [-0.39, 0.29) is 5.78 Å². The third-order valence-electron chi connectivity index (χ3n) is 3.22. The number of carbonyl (C=O) groups excluding carboxylic acids is 1. The molecule has 0 spiro atoms. The van der Waals surface area contributed by atoms with Gasteiger partial charge in [0.1, 0.15) is 5.75 Å². The highest BCUT2D eigenvalue weighted by Gasteiger charge is 2.13. The van der Waals surface area contributed by atoms with E-state index in [1.807, 2.05) is 60.7 Å². The van der Waals surface area contributed by atoms with Gasteiger partial charge in [-0.15, -0.1) is 11.3 Å². The molecule has 21 heavy (non-hydrogen) atoms. The van der Waals surface area contributed by atoms with Gasteiger partial charge >= 0.3 is 0 Å². The summed E-state index contributed by atoms with van der Waals surface area (Å²) in [4.78, 5) is 14.4. The van der Waals surface area contributed by atoms with Crippen molar-refractivity contribution in [1.82, 2.24) is 0 Å². The molecule has 0 fully saturated rings. The second-order valence-corrected chi connectivity index (χ2v) is 5.67. The predicted octanol–water partition coefficient (Wildman–Crippen LogP) is 4.65. The van der Waals surface area contributed by atoms with Gasteiger partial charge in [-0.25, -0.2) is 0 Å². The van der Waals surface area contributed by atoms with Crippen molar-refractivity contribution in [2.75, 3.05) is 7.11 Å². The van der Waals surface area contributed by atoms with Crippen molar-refractivity contribution in [2.24, 2.45) is 0 Å². The molecule has 0 atom stereocenters. The molecular formula is C18H14O2S. The van der Waals surface area contributed by atoms with E-state index in [9.17, 15) is 4.79 Å². The molecule has 0 aliphatic heterocycles. The van der Waals surface area contributed by atoms with Crippen LogP contribution in [0.3, 0.4) is 0 Å². The Morgan fingerprint density at radius 2 is 1.76 bits per heavy atom. The van der Waals surface area contributed by atoms with E-state index >= 15 is 0 Å². The second-order valence-electron chi connectivity index (χ2n) is 4.59. The Bertz CT molecular complexity index is 760. The standard InChI is InChI=1S/C18H14O2S/c1-20-15-9-5-8-14(12-15)18(19)17-11-10-16(21-17)13-6-3-2-4-7-13/h2-12H,1H3. The zero-order valence-corrected chi connectivity index (χ0v) is 12.4. The number of benzene rings is 2. The normalized spacial score (nSPS) is 10.3. The number of ketones is 1. The summed E-state index contributed by atoms with van der Waals surface area (Å²) in [6, 6.07) is 21.2. The van der Waals surface area contributed by atoms with Crippen molar-refractivity contribution in [3.63, 3.8) is 0 Å². The molecule has 0 bridgehead atoms. The Morgan fingerprint density at radius 1 is 0.952 bits per heavy atom. The van der Waals surface area contributed by atoms with Crippen LogP contribution < -0.4 is 4.74 Å². The minimum Gasteiger partial charge on any atom is -0.497 e. The zero-order valence-electron chi connectivity index (χ0n) is 11.6. The molecule has 0 unspecified atom stereocenters. The maximum absolute atomic E-state index is 12.5. The van der Waals surface area contributed by atoms with Gasteiger partial charge in [-0.2, -0.15) is 0 Å². The van der Waals surface area contributed by atoms with Crippen molar-refractivity contribution in [1.29, 1.82) is 0 Å². The summed E-state index contributed by atoms with van der Waals surface area (Å²) in [6.45, 7) is 0. The summed E-state index contributed by atoms with van der Waals surface area (Å²) in [6.07, 6.45) is 0. The van der Waals surface area contributed by atoms with E-state index in [2.05, 4.69) is 0 Å². The van der Waals surface area contributed by atoms with E-state index in [4.69, 9.17) is 4.74 Å². The molecule has 1 aromatic heterocycles. The number of thiophene rings is 1. The van der Waals surface area contributed by atoms with Crippen LogP contribution in [-0.2, 0) is 0 Å². The van der Waals surface area contributed by atoms with Crippen molar-refractivity contribution in [2.45, 2.75) is 0 Å². The lowest BCUT2D eigenvalue weighted by atomic mass is 10.1. The second kappa shape index (κ2) is 5.94. The monoisotopic (exact) mass is 294 g/mol. The molecular weight excluding hydrogens is 280 g/mol. The molecule has 0 saturated heterocycles. The third kappa shape index (κ3) is 2.88. The molecule has 3 aromatic rings. The van der Waals surface area contributed by atoms with Gasteiger partial charge in [0.25, 0.3) is 0 Å². The highest BCUT2D eigenvalue weighted by molar-refractivity contribution is 7.17. The largest absolute Gasteiger partial charge is 0.497 e. The van der Waals surface area contributed by atoms with Crippen LogP contribution in [-0.4, -0.2) is 12.9 Å². The number of hydrogen-bond donors (Lipinski definition) is 0. The molecule has 0 radical (unpaired) electrons. The van der Waals surface area contributed by atoms with Crippen molar-refractivity contribution < 1.29 is 9.53 Å². The van der Waals surface area contributed by atoms with E-state index < -0.39 is 0 Å². The lowest BCUT2D eigenvalue weighted by molar-refractivity contribution is 0.104. The number of rotatable bonds is 4. The number of ether oxygens (including phenoxy) is 1. The van der Waals surface area contributed by atoms with Crippen LogP contribution in [0.15, 0.2) is 66.7 Å². The molecule has 3 heteroatoms. The molecule has 0 aliphatic carbocycles. The van der Waals surface area contributed by atoms with Crippen LogP contribution in [0.5, 0.6) is 5.75 Å². The summed E-state index contributed by atoms with van der Waals surface area (Å²) >= 11 is 1.51. The average molecular weight is 294 g/mol. The predicted molar refractivity (Wildman–Crippen MR) is 86.2 cm³/mol. The fourth-order valence-corrected chi connectivity index (χ4v) is 3.10. The lowest BCUT2D eigenvalue weighted by Crippen LogP contribution is -1.98. The minimum atomic E-state index is 0.0288. The molecule has 2 nitrogen and oxygen atoms in total. The fourth-order valence-electron chi connectivity index (χ4n) is 2.12. The molecule has 0 aliphatic rings. The first kappa shape index (κ1) is 13.6. The number of hydrogen-bond acceptors (Lipinski definition) is 3. The van der Waals surface area contributed by atoms with Crippen molar-refractivity contribution in [3.8, 4) is 16.2 Å². The summed E-state index contributed by atoms with van der Waals surface area (Å²) in [5.41, 5.74) is 1.78. The summed E-state index contributed by atoms with van der Waals surface area (Å²) in [5, 5.41) is 0. The van der Waals surface area contributed by atoms with Gasteiger partial charge in [0, 0.05) is 10.4 Å². The van der Waals surface area contributed by atoms with E-state index in [0.29, 0.717) is 11.3 Å². The van der Waals surface area contributed by atoms with Crippen molar-refractivity contribution in [3.05, 3.63) is 77.2 Å². The molecule has 104 valence electrons. The Balaban J connectivity index is 1.91. The number of methoxy groups -OCH3 is 1. The molecule has 1 heterocycles. The van der Waals surface area contributed by atoms with Gasteiger partial charge in [-0.3, -0.25) is 4.79 Å². The maximum Gasteiger partial charge on any atom is 0.203 e. The van der Waals surface area contributed by atoms with Crippen LogP contribution in [0.4, 0.5) is 0 Å². The highest BCUT2D eigenvalue weighted by Crippen LogP contribution is 2.29. The third-order valence-corrected chi connectivity index (χ3v) is 4.35. The maximum atomic E-state index is 12.5. The van der Waals surface area contributed by atoms with Crippen LogP contribution >= 0.6 is 11.3 Å². The molecule has 3 rings (SSSR count). The number of carbonyl (C=O) groups is 1. The quantitative estimate of drug-likeness (QED) is 0.654. The Morgan fingerprint density at radius 3 is 2.52 bits per heavy atom. The van der Waals surface area contributed by atoms with E-state index in [0.717, 1.165) is 15.3 Å². The van der Waals surface area contributed by atoms with Crippen LogP contribution in [0.25, 0.3) is 10.4 Å². The van der Waals surface area contributed by atoms with Gasteiger partial charge in [-0.1, -0.05) is 42.5 Å². The molecule has 2 aromatic carbocycles. The van der Waals surface area contributed by atoms with Crippen LogP contribution in [0.2, 0.25) is 0 Å². The molecule has 0 N–H and O–H groups in total. The van der Waals surface area contributed by atoms with E-state index in [1.54, 1.807) is 13.2 Å². The first-order valence-electron chi connectivity index (χ1n) is 6.62. The average Bonchev–Trinajstić information content (AvgIpc) is 3.05. The minimum absolute atomic E-state index is 0.0288. The topological polar surface area (TPSA) is 26.3 Å². The van der Waals surface area contributed by atoms with Gasteiger partial charge in [0.05, 0.1) is 12.0 Å². The smallest absolute Gasteiger partial charge is 0.203 e. The van der Waals surface area contributed by atoms with Gasteiger partial charge in [0.2, 0.25) is 5.78 Å². The van der Waals surface area contributed by atoms with E-state index in [1.165, 1.54) is 11.3 Å². The Hall–Kier alpha value is -2.39. The summed E-state index contributed by atoms with van der Waals surface area (Å²) in [5.74, 6) is 0.724. The first-order chi connectivity index (χ1) is 10.3. The highest BCUT2D eigenvalue weighted by atomic mass is 32.1. The summed E-state index contributed by atoms with van der Waals surface area (Å²) < 4.78 is 5.17. The Labute approximate surface area is 127 Å². The fraction of sp³-hybridized carbons (Fsp3) is 0.0556. The zero-order chi connectivity index (χ0) is 14.7. The van der Waals surface area contributed by atoms with Crippen LogP contribution in [0.1, 0.15) is 15.2 Å². The first-order valence-corrected chi connectivity index (χ1v) is 7.43. The summed E-state index contributed by atoms with van der Waals surface area (Å²) in [7, 11) is 1.60. The Kier molecular flexibility index (Phi) is 3.84. The van der Waals surface area contributed by atoms with Gasteiger partial charge in [0.15, 0.2) is 0 Å². The van der Waals surface area contributed by atoms with Gasteiger partial charge in [-0.05, 0) is 29.8 Å². The van der Waals surface area contributed by atoms with Crippen LogP contribution in [0, 0.1) is 0 Å².